The van der Waals surface area contributed by atoms with Gasteiger partial charge in [-0.05, 0) is 26.7 Å². The molecule has 0 amide bonds. The summed E-state index contributed by atoms with van der Waals surface area (Å²) in [5, 5.41) is 15.9. The summed E-state index contributed by atoms with van der Waals surface area (Å²) in [5.74, 6) is 2.76. The van der Waals surface area contributed by atoms with Crippen LogP contribution in [0, 0.1) is 12.8 Å². The average molecular weight is 266 g/mol. The molecule has 0 aliphatic carbocycles. The maximum Gasteiger partial charge on any atom is 0.134 e. The largest absolute Gasteiger partial charge is 0.396 e. The number of rotatable bonds is 7. The number of aliphatic hydroxyl groups excluding tert-OH is 1. The Labute approximate surface area is 115 Å². The minimum absolute atomic E-state index is 0.165. The molecule has 1 heterocycles. The van der Waals surface area contributed by atoms with Crippen LogP contribution in [0.5, 0.6) is 0 Å². The van der Waals surface area contributed by atoms with Crippen LogP contribution in [-0.4, -0.2) is 34.3 Å². The van der Waals surface area contributed by atoms with Gasteiger partial charge in [0.2, 0.25) is 0 Å². The third-order valence-corrected chi connectivity index (χ3v) is 3.36. The lowest BCUT2D eigenvalue weighted by molar-refractivity contribution is 0.226. The molecule has 3 N–H and O–H groups in total. The van der Waals surface area contributed by atoms with Gasteiger partial charge in [-0.2, -0.15) is 0 Å². The molecule has 0 saturated heterocycles. The van der Waals surface area contributed by atoms with Gasteiger partial charge < -0.3 is 15.7 Å². The fraction of sp³-hybridized carbons (Fsp3) is 0.714. The monoisotopic (exact) mass is 266 g/mol. The van der Waals surface area contributed by atoms with Crippen LogP contribution in [0.1, 0.15) is 39.1 Å². The molecule has 0 aromatic carbocycles. The summed E-state index contributed by atoms with van der Waals surface area (Å²) in [6.45, 7) is 11.2. The smallest absolute Gasteiger partial charge is 0.134 e. The van der Waals surface area contributed by atoms with Crippen molar-refractivity contribution in [1.82, 2.24) is 9.97 Å². The molecule has 1 aromatic rings. The van der Waals surface area contributed by atoms with Crippen molar-refractivity contribution in [2.75, 3.05) is 23.8 Å². The zero-order valence-electron chi connectivity index (χ0n) is 12.6. The van der Waals surface area contributed by atoms with E-state index in [1.54, 1.807) is 0 Å². The van der Waals surface area contributed by atoms with Crippen LogP contribution in [0.2, 0.25) is 0 Å². The Hall–Kier alpha value is -1.36. The quantitative estimate of drug-likeness (QED) is 0.706. The molecule has 2 unspecified atom stereocenters. The number of nitrogens with zero attached hydrogens (tertiary/aromatic N) is 2. The Balaban J connectivity index is 3.01. The summed E-state index contributed by atoms with van der Waals surface area (Å²) in [5.41, 5.74) is 1.02. The molecule has 0 aliphatic rings. The van der Waals surface area contributed by atoms with E-state index in [0.29, 0.717) is 0 Å². The maximum atomic E-state index is 9.21. The number of hydrogen-bond acceptors (Lipinski definition) is 5. The Morgan fingerprint density at radius 1 is 1.16 bits per heavy atom. The van der Waals surface area contributed by atoms with Gasteiger partial charge in [0.05, 0.1) is 0 Å². The number of anilines is 2. The maximum absolute atomic E-state index is 9.21. The van der Waals surface area contributed by atoms with E-state index >= 15 is 0 Å². The van der Waals surface area contributed by atoms with Crippen LogP contribution in [-0.2, 0) is 6.42 Å². The predicted octanol–water partition coefficient (Wildman–Crippen LogP) is 2.21. The van der Waals surface area contributed by atoms with Crippen molar-refractivity contribution in [3.63, 3.8) is 0 Å². The second-order valence-electron chi connectivity index (χ2n) is 4.94. The second-order valence-corrected chi connectivity index (χ2v) is 4.94. The Morgan fingerprint density at radius 2 is 1.79 bits per heavy atom. The number of hydrogen-bond donors (Lipinski definition) is 3. The van der Waals surface area contributed by atoms with Crippen LogP contribution < -0.4 is 10.6 Å². The van der Waals surface area contributed by atoms with Crippen LogP contribution in [0.15, 0.2) is 0 Å². The molecular weight excluding hydrogens is 240 g/mol. The van der Waals surface area contributed by atoms with Crippen molar-refractivity contribution in [2.24, 2.45) is 5.92 Å². The van der Waals surface area contributed by atoms with Crippen LogP contribution in [0.25, 0.3) is 0 Å². The van der Waals surface area contributed by atoms with E-state index in [1.807, 2.05) is 20.8 Å². The molecule has 0 radical (unpaired) electrons. The molecule has 0 spiro atoms. The molecule has 5 nitrogen and oxygen atoms in total. The Morgan fingerprint density at radius 3 is 2.32 bits per heavy atom. The van der Waals surface area contributed by atoms with Crippen LogP contribution in [0.3, 0.4) is 0 Å². The van der Waals surface area contributed by atoms with Crippen LogP contribution in [0.4, 0.5) is 11.6 Å². The van der Waals surface area contributed by atoms with Crippen molar-refractivity contribution >= 4 is 11.6 Å². The summed E-state index contributed by atoms with van der Waals surface area (Å²) in [4.78, 5) is 9.05. The number of aliphatic hydroxyl groups is 1. The lowest BCUT2D eigenvalue weighted by atomic mass is 10.1. The Kier molecular flexibility index (Phi) is 6.02. The minimum atomic E-state index is 0.165. The highest BCUT2D eigenvalue weighted by Gasteiger charge is 2.15. The third-order valence-electron chi connectivity index (χ3n) is 3.36. The lowest BCUT2D eigenvalue weighted by Gasteiger charge is -2.22. The first-order chi connectivity index (χ1) is 9.03. The molecule has 1 aromatic heterocycles. The van der Waals surface area contributed by atoms with Gasteiger partial charge in [-0.1, -0.05) is 13.8 Å². The topological polar surface area (TPSA) is 70.1 Å². The number of aryl methyl sites for hydroxylation is 1. The van der Waals surface area contributed by atoms with E-state index in [1.165, 1.54) is 0 Å². The standard InChI is InChI=1S/C14H26N4O/c1-6-12-17-13(15-7-2)10(4)14(18-12)16-11(5)9(3)8-19/h9,11,19H,6-8H2,1-5H3,(H2,15,16,17,18). The zero-order chi connectivity index (χ0) is 14.4. The first-order valence-corrected chi connectivity index (χ1v) is 7.02. The van der Waals surface area contributed by atoms with E-state index in [2.05, 4.69) is 34.4 Å². The van der Waals surface area contributed by atoms with Gasteiger partial charge in [-0.15, -0.1) is 0 Å². The van der Waals surface area contributed by atoms with Gasteiger partial charge >= 0.3 is 0 Å². The van der Waals surface area contributed by atoms with E-state index in [-0.39, 0.29) is 18.6 Å². The van der Waals surface area contributed by atoms with Gasteiger partial charge in [0.15, 0.2) is 0 Å². The summed E-state index contributed by atoms with van der Waals surface area (Å²) < 4.78 is 0. The summed E-state index contributed by atoms with van der Waals surface area (Å²) in [6.07, 6.45) is 0.803. The predicted molar refractivity (Wildman–Crippen MR) is 79.6 cm³/mol. The first kappa shape index (κ1) is 15.7. The molecule has 108 valence electrons. The van der Waals surface area contributed by atoms with E-state index < -0.39 is 0 Å². The van der Waals surface area contributed by atoms with Crippen molar-refractivity contribution in [2.45, 2.75) is 47.1 Å². The molecule has 0 bridgehead atoms. The molecule has 19 heavy (non-hydrogen) atoms. The molecule has 0 fully saturated rings. The van der Waals surface area contributed by atoms with Gasteiger partial charge in [-0.25, -0.2) is 9.97 Å². The average Bonchev–Trinajstić information content (AvgIpc) is 2.42. The van der Waals surface area contributed by atoms with E-state index in [4.69, 9.17) is 0 Å². The molecule has 0 aliphatic heterocycles. The molecule has 0 saturated carbocycles. The second kappa shape index (κ2) is 7.28. The molecule has 2 atom stereocenters. The van der Waals surface area contributed by atoms with E-state index in [9.17, 15) is 5.11 Å². The number of aromatic nitrogens is 2. The van der Waals surface area contributed by atoms with Crippen molar-refractivity contribution < 1.29 is 5.11 Å². The fourth-order valence-electron chi connectivity index (χ4n) is 1.72. The lowest BCUT2D eigenvalue weighted by Crippen LogP contribution is -2.27. The Bertz CT molecular complexity index is 409. The SMILES string of the molecule is CCNc1nc(CC)nc(NC(C)C(C)CO)c1C. The summed E-state index contributed by atoms with van der Waals surface area (Å²) in [7, 11) is 0. The molecule has 1 rings (SSSR count). The van der Waals surface area contributed by atoms with E-state index in [0.717, 1.165) is 36.0 Å². The third kappa shape index (κ3) is 4.06. The fourth-order valence-corrected chi connectivity index (χ4v) is 1.72. The zero-order valence-corrected chi connectivity index (χ0v) is 12.6. The molecular formula is C14H26N4O. The summed E-state index contributed by atoms with van der Waals surface area (Å²) >= 11 is 0. The van der Waals surface area contributed by atoms with Gasteiger partial charge in [0.1, 0.15) is 17.5 Å². The van der Waals surface area contributed by atoms with Crippen molar-refractivity contribution in [3.8, 4) is 0 Å². The first-order valence-electron chi connectivity index (χ1n) is 7.02. The van der Waals surface area contributed by atoms with Gasteiger partial charge in [0, 0.05) is 31.2 Å². The number of nitrogens with one attached hydrogen (secondary N) is 2. The minimum Gasteiger partial charge on any atom is -0.396 e. The van der Waals surface area contributed by atoms with Crippen LogP contribution >= 0.6 is 0 Å². The molecule has 5 heteroatoms. The van der Waals surface area contributed by atoms with Crippen molar-refractivity contribution in [1.29, 1.82) is 0 Å². The normalized spacial score (nSPS) is 14.0. The summed E-state index contributed by atoms with van der Waals surface area (Å²) in [6, 6.07) is 0.165. The van der Waals surface area contributed by atoms with Crippen molar-refractivity contribution in [3.05, 3.63) is 11.4 Å². The van der Waals surface area contributed by atoms with Gasteiger partial charge in [0.25, 0.3) is 0 Å². The van der Waals surface area contributed by atoms with Gasteiger partial charge in [-0.3, -0.25) is 0 Å². The highest BCUT2D eigenvalue weighted by Crippen LogP contribution is 2.22. The highest BCUT2D eigenvalue weighted by molar-refractivity contribution is 5.57. The highest BCUT2D eigenvalue weighted by atomic mass is 16.3.